The molecule has 0 aliphatic heterocycles. The van der Waals surface area contributed by atoms with Gasteiger partial charge in [0.25, 0.3) is 5.91 Å². The molecule has 3 aromatic carbocycles. The maximum Gasteiger partial charge on any atom is 0.340 e. The van der Waals surface area contributed by atoms with Crippen molar-refractivity contribution in [1.82, 2.24) is 0 Å². The molecule has 47 heavy (non-hydrogen) atoms. The number of amides is 1. The van der Waals surface area contributed by atoms with E-state index < -0.39 is 23.8 Å². The van der Waals surface area contributed by atoms with Crippen molar-refractivity contribution in [3.63, 3.8) is 0 Å². The summed E-state index contributed by atoms with van der Waals surface area (Å²) >= 11 is 0. The lowest BCUT2D eigenvalue weighted by molar-refractivity contribution is -0.138. The smallest absolute Gasteiger partial charge is 0.340 e. The Balaban J connectivity index is 1.52. The summed E-state index contributed by atoms with van der Waals surface area (Å²) in [6.07, 6.45) is 6.65. The summed E-state index contributed by atoms with van der Waals surface area (Å²) in [7, 11) is 1.26. The second kappa shape index (κ2) is 19.6. The Kier molecular flexibility index (Phi) is 14.9. The van der Waals surface area contributed by atoms with Crippen LogP contribution in [0.5, 0.6) is 11.5 Å². The summed E-state index contributed by atoms with van der Waals surface area (Å²) in [6, 6.07) is 18.7. The molecule has 0 bridgehead atoms. The van der Waals surface area contributed by atoms with E-state index in [1.165, 1.54) is 13.2 Å². The lowest BCUT2D eigenvalue weighted by Gasteiger charge is -2.11. The molecule has 0 fully saturated rings. The van der Waals surface area contributed by atoms with E-state index in [4.69, 9.17) is 23.7 Å². The van der Waals surface area contributed by atoms with Gasteiger partial charge in [-0.05, 0) is 98.0 Å². The number of rotatable bonds is 19. The predicted octanol–water partition coefficient (Wildman–Crippen LogP) is 6.25. The normalized spacial score (nSPS) is 10.5. The Morgan fingerprint density at radius 2 is 1.26 bits per heavy atom. The third-order valence-corrected chi connectivity index (χ3v) is 6.45. The molecule has 11 heteroatoms. The molecule has 0 aliphatic carbocycles. The zero-order valence-corrected chi connectivity index (χ0v) is 26.3. The molecule has 0 aliphatic rings. The van der Waals surface area contributed by atoms with Crippen LogP contribution in [0.1, 0.15) is 52.0 Å². The van der Waals surface area contributed by atoms with Crippen LogP contribution in [0.4, 0.5) is 11.4 Å². The Labute approximate surface area is 273 Å². The van der Waals surface area contributed by atoms with Crippen LogP contribution in [-0.4, -0.2) is 63.6 Å². The van der Waals surface area contributed by atoms with E-state index in [-0.39, 0.29) is 11.3 Å². The lowest BCUT2D eigenvalue weighted by Crippen LogP contribution is -2.15. The van der Waals surface area contributed by atoms with Crippen LogP contribution in [0.15, 0.2) is 97.0 Å². The van der Waals surface area contributed by atoms with Crippen molar-refractivity contribution in [3.8, 4) is 11.5 Å². The highest BCUT2D eigenvalue weighted by Crippen LogP contribution is 2.25. The Bertz CT molecular complexity index is 1550. The third-order valence-electron chi connectivity index (χ3n) is 6.45. The molecule has 0 atom stereocenters. The van der Waals surface area contributed by atoms with Gasteiger partial charge in [0, 0.05) is 23.9 Å². The van der Waals surface area contributed by atoms with Gasteiger partial charge in [-0.3, -0.25) is 9.79 Å². The van der Waals surface area contributed by atoms with Crippen LogP contribution >= 0.6 is 0 Å². The fraction of sp³-hybridized carbons (Fsp3) is 0.250. The zero-order valence-electron chi connectivity index (χ0n) is 26.3. The third kappa shape index (κ3) is 12.7. The number of hydrogen-bond acceptors (Lipinski definition) is 10. The van der Waals surface area contributed by atoms with E-state index in [1.807, 2.05) is 24.3 Å². The summed E-state index contributed by atoms with van der Waals surface area (Å²) in [4.78, 5) is 52.1. The molecule has 1 N–H and O–H groups in total. The molecule has 0 unspecified atom stereocenters. The zero-order chi connectivity index (χ0) is 33.9. The number of hydrogen-bond donors (Lipinski definition) is 1. The second-order valence-electron chi connectivity index (χ2n) is 9.88. The SMILES string of the molecule is C=CC(=O)OCCCCOc1ccc(/C=N/c2ccc(NC(=O)c3ccc(OCCCCOC(=O)C=C)cc3)c(C(=O)OC)c2)cc1. The fourth-order valence-electron chi connectivity index (χ4n) is 3.95. The van der Waals surface area contributed by atoms with E-state index in [9.17, 15) is 19.2 Å². The summed E-state index contributed by atoms with van der Waals surface area (Å²) in [5.74, 6) is -0.648. The lowest BCUT2D eigenvalue weighted by atomic mass is 10.1. The minimum absolute atomic E-state index is 0.150. The number of unbranched alkanes of at least 4 members (excludes halogenated alkanes) is 2. The Hall–Kier alpha value is -5.71. The van der Waals surface area contributed by atoms with Crippen LogP contribution in [0.25, 0.3) is 0 Å². The van der Waals surface area contributed by atoms with Crippen LogP contribution in [0.3, 0.4) is 0 Å². The van der Waals surface area contributed by atoms with Gasteiger partial charge in [0.15, 0.2) is 0 Å². The molecule has 0 spiro atoms. The largest absolute Gasteiger partial charge is 0.494 e. The predicted molar refractivity (Wildman–Crippen MR) is 178 cm³/mol. The van der Waals surface area contributed by atoms with E-state index in [0.29, 0.717) is 68.4 Å². The highest BCUT2D eigenvalue weighted by atomic mass is 16.5. The summed E-state index contributed by atoms with van der Waals surface area (Å²) < 4.78 is 26.2. The highest BCUT2D eigenvalue weighted by Gasteiger charge is 2.16. The number of carbonyl (C=O) groups is 4. The molecule has 0 saturated carbocycles. The quantitative estimate of drug-likeness (QED) is 0.0528. The Morgan fingerprint density at radius 3 is 1.79 bits per heavy atom. The van der Waals surface area contributed by atoms with Gasteiger partial charge in [-0.2, -0.15) is 0 Å². The van der Waals surface area contributed by atoms with E-state index >= 15 is 0 Å². The maximum atomic E-state index is 13.0. The van der Waals surface area contributed by atoms with Gasteiger partial charge in [0.1, 0.15) is 11.5 Å². The number of benzene rings is 3. The molecule has 11 nitrogen and oxygen atoms in total. The van der Waals surface area contributed by atoms with Crippen LogP contribution in [-0.2, 0) is 23.8 Å². The first-order valence-corrected chi connectivity index (χ1v) is 14.9. The van der Waals surface area contributed by atoms with Crippen molar-refractivity contribution in [2.24, 2.45) is 4.99 Å². The average Bonchev–Trinajstić information content (AvgIpc) is 3.10. The molecule has 0 saturated heterocycles. The minimum atomic E-state index is -0.624. The standard InChI is InChI=1S/C36H38N2O9/c1-4-33(39)46-22-8-6-20-44-29-15-10-26(11-16-29)25-37-28-14-19-32(31(24-28)36(42)43-3)38-35(41)27-12-17-30(18-13-27)45-21-7-9-23-47-34(40)5-2/h4-5,10-19,24-25H,1-2,6-9,20-23H2,3H3,(H,38,41)/b37-25+. The second-order valence-corrected chi connectivity index (χ2v) is 9.88. The minimum Gasteiger partial charge on any atom is -0.494 e. The number of anilines is 1. The molecule has 1 amide bonds. The maximum absolute atomic E-state index is 13.0. The number of ether oxygens (including phenoxy) is 5. The molecule has 246 valence electrons. The van der Waals surface area contributed by atoms with Crippen LogP contribution < -0.4 is 14.8 Å². The molecule has 3 rings (SSSR count). The van der Waals surface area contributed by atoms with Crippen molar-refractivity contribution >= 4 is 41.4 Å². The van der Waals surface area contributed by atoms with Crippen LogP contribution in [0.2, 0.25) is 0 Å². The van der Waals surface area contributed by atoms with E-state index in [1.54, 1.807) is 42.6 Å². The van der Waals surface area contributed by atoms with Crippen molar-refractivity contribution in [2.45, 2.75) is 25.7 Å². The average molecular weight is 643 g/mol. The van der Waals surface area contributed by atoms with Crippen LogP contribution in [0, 0.1) is 0 Å². The van der Waals surface area contributed by atoms with Gasteiger partial charge in [-0.15, -0.1) is 0 Å². The first-order chi connectivity index (χ1) is 22.8. The number of methoxy groups -OCH3 is 1. The van der Waals surface area contributed by atoms with Crippen molar-refractivity contribution < 1.29 is 42.9 Å². The van der Waals surface area contributed by atoms with Gasteiger partial charge in [-0.1, -0.05) is 13.2 Å². The number of aliphatic imine (C=N–C) groups is 1. The van der Waals surface area contributed by atoms with Gasteiger partial charge >= 0.3 is 17.9 Å². The summed E-state index contributed by atoms with van der Waals surface area (Å²) in [5.41, 5.74) is 2.09. The molecular formula is C36H38N2O9. The first kappa shape index (κ1) is 35.8. The first-order valence-electron chi connectivity index (χ1n) is 14.9. The Morgan fingerprint density at radius 1 is 0.723 bits per heavy atom. The number of esters is 3. The van der Waals surface area contributed by atoms with Crippen molar-refractivity contribution in [2.75, 3.05) is 38.9 Å². The molecule has 0 heterocycles. The van der Waals surface area contributed by atoms with E-state index in [0.717, 1.165) is 24.1 Å². The number of carbonyl (C=O) groups excluding carboxylic acids is 4. The summed E-state index contributed by atoms with van der Waals surface area (Å²) in [5, 5.41) is 2.76. The monoisotopic (exact) mass is 642 g/mol. The van der Waals surface area contributed by atoms with Crippen molar-refractivity contribution in [1.29, 1.82) is 0 Å². The summed E-state index contributed by atoms with van der Waals surface area (Å²) in [6.45, 7) is 8.22. The molecule has 0 aromatic heterocycles. The highest BCUT2D eigenvalue weighted by molar-refractivity contribution is 6.08. The van der Waals surface area contributed by atoms with E-state index in [2.05, 4.69) is 23.5 Å². The van der Waals surface area contributed by atoms with Crippen molar-refractivity contribution in [3.05, 3.63) is 109 Å². The fourth-order valence-corrected chi connectivity index (χ4v) is 3.95. The molecule has 0 radical (unpaired) electrons. The van der Waals surface area contributed by atoms with Gasteiger partial charge < -0.3 is 29.0 Å². The topological polar surface area (TPSA) is 139 Å². The van der Waals surface area contributed by atoms with Gasteiger partial charge in [0.2, 0.25) is 0 Å². The molecule has 3 aromatic rings. The van der Waals surface area contributed by atoms with Gasteiger partial charge in [0.05, 0.1) is 50.5 Å². The van der Waals surface area contributed by atoms with Gasteiger partial charge in [-0.25, -0.2) is 14.4 Å². The molecular weight excluding hydrogens is 604 g/mol. The number of nitrogens with zero attached hydrogens (tertiary/aromatic N) is 1. The number of nitrogens with one attached hydrogen (secondary N) is 1.